The Bertz CT molecular complexity index is 296. The van der Waals surface area contributed by atoms with Crippen LogP contribution in [0.5, 0.6) is 0 Å². The van der Waals surface area contributed by atoms with Gasteiger partial charge in [-0.3, -0.25) is 4.79 Å². The number of hydrogen-bond acceptors (Lipinski definition) is 4. The average Bonchev–Trinajstić information content (AvgIpc) is 2.29. The van der Waals surface area contributed by atoms with Crippen LogP contribution in [-0.4, -0.2) is 11.3 Å². The van der Waals surface area contributed by atoms with Crippen LogP contribution in [0.25, 0.3) is 0 Å². The number of anilines is 1. The Morgan fingerprint density at radius 2 is 2.08 bits per heavy atom. The third-order valence-corrected chi connectivity index (χ3v) is 1.46. The molecule has 0 spiro atoms. The summed E-state index contributed by atoms with van der Waals surface area (Å²) < 4.78 is 5.11. The van der Waals surface area contributed by atoms with Crippen molar-refractivity contribution in [1.29, 1.82) is 0 Å². The number of carbonyl (C=O) groups is 1. The van der Waals surface area contributed by atoms with Crippen molar-refractivity contribution in [3.8, 4) is 0 Å². The van der Waals surface area contributed by atoms with Crippen molar-refractivity contribution in [2.75, 3.05) is 5.73 Å². The molecule has 1 rings (SSSR count). The van der Waals surface area contributed by atoms with Gasteiger partial charge in [0.25, 0.3) is 6.01 Å². The molecular formula is C8H12N2O2. The number of hydrogen-bond donors (Lipinski definition) is 1. The highest BCUT2D eigenvalue weighted by Gasteiger charge is 2.24. The van der Waals surface area contributed by atoms with Crippen molar-refractivity contribution in [3.05, 3.63) is 11.5 Å². The largest absolute Gasteiger partial charge is 0.428 e. The third kappa shape index (κ3) is 1.47. The van der Waals surface area contributed by atoms with Gasteiger partial charge in [-0.05, 0) is 0 Å². The van der Waals surface area contributed by atoms with E-state index in [9.17, 15) is 4.79 Å². The van der Waals surface area contributed by atoms with Gasteiger partial charge >= 0.3 is 0 Å². The zero-order valence-corrected chi connectivity index (χ0v) is 7.42. The third-order valence-electron chi connectivity index (χ3n) is 1.46. The quantitative estimate of drug-likeness (QED) is 0.643. The van der Waals surface area contributed by atoms with Gasteiger partial charge in [0, 0.05) is 5.41 Å². The molecule has 12 heavy (non-hydrogen) atoms. The number of rotatable bonds is 1. The molecule has 1 heterocycles. The summed E-state index contributed by atoms with van der Waals surface area (Å²) in [5.74, 6) is 0.537. The van der Waals surface area contributed by atoms with Crippen molar-refractivity contribution in [1.82, 2.24) is 4.98 Å². The van der Waals surface area contributed by atoms with Crippen LogP contribution in [0.2, 0.25) is 0 Å². The molecule has 0 unspecified atom stereocenters. The maximum atomic E-state index is 10.5. The number of oxazole rings is 1. The summed E-state index contributed by atoms with van der Waals surface area (Å²) in [5, 5.41) is 0. The van der Waals surface area contributed by atoms with Crippen molar-refractivity contribution in [2.45, 2.75) is 26.2 Å². The number of aldehydes is 1. The van der Waals surface area contributed by atoms with Crippen molar-refractivity contribution in [2.24, 2.45) is 0 Å². The molecule has 0 aliphatic rings. The van der Waals surface area contributed by atoms with Gasteiger partial charge in [-0.25, -0.2) is 0 Å². The van der Waals surface area contributed by atoms with E-state index in [4.69, 9.17) is 10.2 Å². The standard InChI is InChI=1S/C8H12N2O2/c1-8(2,3)6-5(4-11)10-7(9)12-6/h4H,1-3H3,(H2,9,10). The second kappa shape index (κ2) is 2.62. The van der Waals surface area contributed by atoms with E-state index in [2.05, 4.69) is 4.98 Å². The molecule has 0 aromatic carbocycles. The monoisotopic (exact) mass is 168 g/mol. The van der Waals surface area contributed by atoms with Crippen LogP contribution in [0.4, 0.5) is 6.01 Å². The molecule has 1 aromatic heterocycles. The van der Waals surface area contributed by atoms with Gasteiger partial charge in [0.1, 0.15) is 11.5 Å². The fourth-order valence-electron chi connectivity index (χ4n) is 0.966. The zero-order valence-electron chi connectivity index (χ0n) is 7.42. The molecule has 0 saturated carbocycles. The molecule has 0 bridgehead atoms. The van der Waals surface area contributed by atoms with Crippen LogP contribution in [0.15, 0.2) is 4.42 Å². The smallest absolute Gasteiger partial charge is 0.292 e. The minimum Gasteiger partial charge on any atom is -0.428 e. The molecule has 4 heteroatoms. The molecule has 0 saturated heterocycles. The highest BCUT2D eigenvalue weighted by atomic mass is 16.4. The van der Waals surface area contributed by atoms with Crippen molar-refractivity contribution in [3.63, 3.8) is 0 Å². The first kappa shape index (κ1) is 8.77. The lowest BCUT2D eigenvalue weighted by Gasteiger charge is -2.13. The normalized spacial score (nSPS) is 11.6. The summed E-state index contributed by atoms with van der Waals surface area (Å²) in [7, 11) is 0. The minimum atomic E-state index is -0.235. The van der Waals surface area contributed by atoms with Crippen molar-refractivity contribution >= 4 is 12.3 Å². The molecule has 4 nitrogen and oxygen atoms in total. The van der Waals surface area contributed by atoms with Gasteiger partial charge in [-0.15, -0.1) is 0 Å². The van der Waals surface area contributed by atoms with E-state index in [1.54, 1.807) is 0 Å². The van der Waals surface area contributed by atoms with E-state index >= 15 is 0 Å². The molecule has 0 aliphatic carbocycles. The predicted molar refractivity (Wildman–Crippen MR) is 45.0 cm³/mol. The fraction of sp³-hybridized carbons (Fsp3) is 0.500. The maximum absolute atomic E-state index is 10.5. The molecule has 66 valence electrons. The topological polar surface area (TPSA) is 69.1 Å². The van der Waals surface area contributed by atoms with Crippen LogP contribution >= 0.6 is 0 Å². The summed E-state index contributed by atoms with van der Waals surface area (Å²) in [4.78, 5) is 14.2. The second-order valence-corrected chi connectivity index (χ2v) is 3.63. The van der Waals surface area contributed by atoms with Gasteiger partial charge in [0.05, 0.1) is 0 Å². The van der Waals surface area contributed by atoms with Gasteiger partial charge in [0.15, 0.2) is 6.29 Å². The lowest BCUT2D eigenvalue weighted by molar-refractivity contribution is 0.111. The van der Waals surface area contributed by atoms with Crippen molar-refractivity contribution < 1.29 is 9.21 Å². The molecule has 1 aromatic rings. The highest BCUT2D eigenvalue weighted by molar-refractivity contribution is 5.74. The maximum Gasteiger partial charge on any atom is 0.292 e. The SMILES string of the molecule is CC(C)(C)c1oc(N)nc1C=O. The number of carbonyl (C=O) groups excluding carboxylic acids is 1. The van der Waals surface area contributed by atoms with Gasteiger partial charge < -0.3 is 10.2 Å². The molecule has 0 amide bonds. The van der Waals surface area contributed by atoms with Crippen LogP contribution in [-0.2, 0) is 5.41 Å². The number of nitrogens with zero attached hydrogens (tertiary/aromatic N) is 1. The molecular weight excluding hydrogens is 156 g/mol. The molecule has 0 radical (unpaired) electrons. The van der Waals surface area contributed by atoms with Crippen LogP contribution in [0.1, 0.15) is 37.0 Å². The highest BCUT2D eigenvalue weighted by Crippen LogP contribution is 2.26. The predicted octanol–water partition coefficient (Wildman–Crippen LogP) is 1.37. The molecule has 0 atom stereocenters. The summed E-state index contributed by atoms with van der Waals surface area (Å²) >= 11 is 0. The Morgan fingerprint density at radius 3 is 2.42 bits per heavy atom. The van der Waals surface area contributed by atoms with E-state index in [1.165, 1.54) is 0 Å². The lowest BCUT2D eigenvalue weighted by atomic mass is 9.92. The first-order valence-electron chi connectivity index (χ1n) is 3.67. The Morgan fingerprint density at radius 1 is 1.50 bits per heavy atom. The average molecular weight is 168 g/mol. The lowest BCUT2D eigenvalue weighted by Crippen LogP contribution is -2.12. The Balaban J connectivity index is 3.22. The van der Waals surface area contributed by atoms with Gasteiger partial charge in [-0.2, -0.15) is 4.98 Å². The Labute approximate surface area is 70.8 Å². The van der Waals surface area contributed by atoms with Gasteiger partial charge in [0.2, 0.25) is 0 Å². The fourth-order valence-corrected chi connectivity index (χ4v) is 0.966. The van der Waals surface area contributed by atoms with Crippen LogP contribution in [0.3, 0.4) is 0 Å². The van der Waals surface area contributed by atoms with E-state index in [0.29, 0.717) is 17.7 Å². The number of aromatic nitrogens is 1. The Kier molecular flexibility index (Phi) is 1.92. The number of nitrogens with two attached hydrogens (primary N) is 1. The zero-order chi connectivity index (χ0) is 9.35. The summed E-state index contributed by atoms with van der Waals surface area (Å²) in [6.07, 6.45) is 0.653. The Hall–Kier alpha value is -1.32. The first-order chi connectivity index (χ1) is 5.45. The number of nitrogen functional groups attached to an aromatic ring is 1. The van der Waals surface area contributed by atoms with Crippen LogP contribution in [0, 0.1) is 0 Å². The van der Waals surface area contributed by atoms with E-state index in [1.807, 2.05) is 20.8 Å². The minimum absolute atomic E-state index is 0.0435. The molecule has 0 aliphatic heterocycles. The summed E-state index contributed by atoms with van der Waals surface area (Å²) in [6.45, 7) is 5.79. The van der Waals surface area contributed by atoms with Crippen LogP contribution < -0.4 is 5.73 Å². The molecule has 0 fully saturated rings. The second-order valence-electron chi connectivity index (χ2n) is 3.63. The van der Waals surface area contributed by atoms with E-state index < -0.39 is 0 Å². The molecule has 2 N–H and O–H groups in total. The summed E-state index contributed by atoms with van der Waals surface area (Å²) in [5.41, 5.74) is 5.37. The van der Waals surface area contributed by atoms with Gasteiger partial charge in [-0.1, -0.05) is 20.8 Å². The van der Waals surface area contributed by atoms with E-state index in [-0.39, 0.29) is 11.4 Å². The summed E-state index contributed by atoms with van der Waals surface area (Å²) in [6, 6.07) is 0.0435. The van der Waals surface area contributed by atoms with E-state index in [0.717, 1.165) is 0 Å². The first-order valence-corrected chi connectivity index (χ1v) is 3.67.